The molecule has 0 aromatic rings. The van der Waals surface area contributed by atoms with Crippen molar-refractivity contribution in [1.82, 2.24) is 10.2 Å². The van der Waals surface area contributed by atoms with Crippen molar-refractivity contribution in [1.29, 1.82) is 0 Å². The average molecular weight is 371 g/mol. The number of likely N-dealkylation sites (tertiary alicyclic amines) is 1. The van der Waals surface area contributed by atoms with Gasteiger partial charge in [0.05, 0.1) is 0 Å². The van der Waals surface area contributed by atoms with Crippen LogP contribution in [0.1, 0.15) is 58.3 Å². The predicted molar refractivity (Wildman–Crippen MR) is 99.8 cm³/mol. The minimum atomic E-state index is -0.466. The second-order valence-electron chi connectivity index (χ2n) is 10.6. The fourth-order valence-corrected chi connectivity index (χ4v) is 8.04. The van der Waals surface area contributed by atoms with Crippen LogP contribution in [0.15, 0.2) is 0 Å². The number of primary amides is 1. The predicted octanol–water partition coefficient (Wildman–Crippen LogP) is 1.03. The molecule has 5 saturated carbocycles. The third-order valence-electron chi connectivity index (χ3n) is 8.35. The SMILES string of the molecule is CC12CC3CC(C1)CC([C@H](NCB=O)C(=O)N1C4CC4C[C@H]1C(N)=O)(C3)C2. The first-order valence-electron chi connectivity index (χ1n) is 10.6. The summed E-state index contributed by atoms with van der Waals surface area (Å²) in [7, 11) is 0.845. The van der Waals surface area contributed by atoms with E-state index in [1.807, 2.05) is 0 Å². The summed E-state index contributed by atoms with van der Waals surface area (Å²) in [6, 6.07) is -0.652. The molecule has 6 nitrogen and oxygen atoms in total. The Morgan fingerprint density at radius 3 is 2.48 bits per heavy atom. The number of piperidine rings is 1. The molecule has 4 unspecified atom stereocenters. The Morgan fingerprint density at radius 1 is 1.19 bits per heavy atom. The number of hydrogen-bond donors (Lipinski definition) is 2. The van der Waals surface area contributed by atoms with Crippen LogP contribution in [0.3, 0.4) is 0 Å². The second-order valence-corrected chi connectivity index (χ2v) is 10.6. The van der Waals surface area contributed by atoms with Crippen LogP contribution in [0.5, 0.6) is 0 Å². The standard InChI is InChI=1S/C20H30BN3O3/c1-19-5-11-2-12(6-19)8-20(7-11,9-19)16(23-10-21-27)18(26)24-14-3-13(14)4-15(24)17(22)25/h11-16,23H,2-10H2,1H3,(H2,22,25)/t11?,12?,13?,14?,15-,16+,19?,20?/m0/s1. The normalized spacial score (nSPS) is 47.4. The second kappa shape index (κ2) is 5.88. The van der Waals surface area contributed by atoms with Crippen LogP contribution in [-0.4, -0.2) is 48.4 Å². The van der Waals surface area contributed by atoms with Gasteiger partial charge >= 0.3 is 161 Å². The van der Waals surface area contributed by atoms with E-state index in [1.54, 1.807) is 4.90 Å². The van der Waals surface area contributed by atoms with Gasteiger partial charge in [-0.25, -0.2) is 0 Å². The molecule has 5 aliphatic carbocycles. The van der Waals surface area contributed by atoms with Gasteiger partial charge in [0.15, 0.2) is 0 Å². The van der Waals surface area contributed by atoms with E-state index in [4.69, 9.17) is 5.73 Å². The van der Waals surface area contributed by atoms with Gasteiger partial charge in [-0.2, -0.15) is 0 Å². The molecule has 3 N–H and O–H groups in total. The third-order valence-corrected chi connectivity index (χ3v) is 8.35. The van der Waals surface area contributed by atoms with Gasteiger partial charge in [-0.05, 0) is 0 Å². The summed E-state index contributed by atoms with van der Waals surface area (Å²) in [6.45, 7) is 2.39. The number of fused-ring (bicyclic) bond motifs is 1. The van der Waals surface area contributed by atoms with Gasteiger partial charge in [-0.1, -0.05) is 0 Å². The molecule has 0 aromatic carbocycles. The van der Waals surface area contributed by atoms with Crippen LogP contribution < -0.4 is 11.1 Å². The molecule has 146 valence electrons. The molecule has 1 saturated heterocycles. The van der Waals surface area contributed by atoms with Crippen molar-refractivity contribution >= 4 is 19.0 Å². The number of carbonyl (C=O) groups is 2. The summed E-state index contributed by atoms with van der Waals surface area (Å²) in [4.78, 5) is 27.5. The van der Waals surface area contributed by atoms with Gasteiger partial charge in [0.2, 0.25) is 0 Å². The van der Waals surface area contributed by atoms with Crippen LogP contribution >= 0.6 is 0 Å². The molecular formula is C20H30BN3O3. The number of nitrogens with two attached hydrogens (primary N) is 1. The maximum absolute atomic E-state index is 13.8. The van der Waals surface area contributed by atoms with Crippen LogP contribution in [0, 0.1) is 28.6 Å². The Hall–Kier alpha value is -1.24. The molecule has 0 radical (unpaired) electrons. The molecule has 0 aromatic heterocycles. The van der Waals surface area contributed by atoms with E-state index >= 15 is 0 Å². The number of rotatable bonds is 6. The number of amides is 2. The minimum absolute atomic E-state index is 0.0243. The van der Waals surface area contributed by atoms with Crippen molar-refractivity contribution in [2.24, 2.45) is 34.3 Å². The quantitative estimate of drug-likeness (QED) is 0.683. The van der Waals surface area contributed by atoms with E-state index in [0.717, 1.165) is 32.8 Å². The average Bonchev–Trinajstić information content (AvgIpc) is 3.22. The van der Waals surface area contributed by atoms with Gasteiger partial charge in [-0.15, -0.1) is 0 Å². The number of hydrogen-bond acceptors (Lipinski definition) is 4. The first-order chi connectivity index (χ1) is 12.8. The van der Waals surface area contributed by atoms with Crippen LogP contribution in [0.2, 0.25) is 0 Å². The molecule has 2 amide bonds. The molecule has 7 heteroatoms. The monoisotopic (exact) mass is 371 g/mol. The van der Waals surface area contributed by atoms with Gasteiger partial charge in [-0.3, -0.25) is 0 Å². The molecule has 27 heavy (non-hydrogen) atoms. The summed E-state index contributed by atoms with van der Waals surface area (Å²) in [5.41, 5.74) is 5.87. The Labute approximate surface area is 161 Å². The molecule has 6 rings (SSSR count). The molecule has 4 bridgehead atoms. The fourth-order valence-electron chi connectivity index (χ4n) is 8.04. The first kappa shape index (κ1) is 17.8. The van der Waals surface area contributed by atoms with Gasteiger partial charge in [0.1, 0.15) is 0 Å². The van der Waals surface area contributed by atoms with E-state index in [-0.39, 0.29) is 35.8 Å². The van der Waals surface area contributed by atoms with E-state index in [1.165, 1.54) is 19.3 Å². The summed E-state index contributed by atoms with van der Waals surface area (Å²) in [5.74, 6) is 1.47. The first-order valence-corrected chi connectivity index (χ1v) is 10.6. The third kappa shape index (κ3) is 2.71. The van der Waals surface area contributed by atoms with Crippen LogP contribution in [-0.2, 0) is 14.3 Å². The molecule has 6 atom stereocenters. The van der Waals surface area contributed by atoms with E-state index in [2.05, 4.69) is 12.2 Å². The summed E-state index contributed by atoms with van der Waals surface area (Å²) in [5, 5.41) is 3.31. The zero-order valence-corrected chi connectivity index (χ0v) is 16.2. The number of carbonyl (C=O) groups excluding carboxylic acids is 2. The Morgan fingerprint density at radius 2 is 1.89 bits per heavy atom. The molecule has 6 aliphatic rings. The maximum atomic E-state index is 13.8. The summed E-state index contributed by atoms with van der Waals surface area (Å²) in [6.07, 6.45) is 8.94. The summed E-state index contributed by atoms with van der Waals surface area (Å²) < 4.78 is 11.1. The molecular weight excluding hydrogens is 341 g/mol. The zero-order valence-electron chi connectivity index (χ0n) is 16.2. The Kier molecular flexibility index (Phi) is 3.89. The van der Waals surface area contributed by atoms with Crippen molar-refractivity contribution in [2.45, 2.75) is 76.4 Å². The topological polar surface area (TPSA) is 92.5 Å². The van der Waals surface area contributed by atoms with Crippen LogP contribution in [0.4, 0.5) is 0 Å². The fraction of sp³-hybridized carbons (Fsp3) is 0.900. The van der Waals surface area contributed by atoms with E-state index < -0.39 is 6.04 Å². The van der Waals surface area contributed by atoms with Crippen molar-refractivity contribution < 1.29 is 14.3 Å². The molecule has 1 aliphatic heterocycles. The van der Waals surface area contributed by atoms with Crippen molar-refractivity contribution in [3.05, 3.63) is 0 Å². The van der Waals surface area contributed by atoms with E-state index in [0.29, 0.717) is 29.6 Å². The van der Waals surface area contributed by atoms with Crippen molar-refractivity contribution in [2.75, 3.05) is 6.44 Å². The number of nitrogens with one attached hydrogen (secondary N) is 1. The Bertz CT molecular complexity index is 684. The van der Waals surface area contributed by atoms with Gasteiger partial charge < -0.3 is 0 Å². The van der Waals surface area contributed by atoms with Gasteiger partial charge in [0, 0.05) is 0 Å². The summed E-state index contributed by atoms with van der Waals surface area (Å²) >= 11 is 0. The molecule has 0 spiro atoms. The zero-order chi connectivity index (χ0) is 19.0. The van der Waals surface area contributed by atoms with Gasteiger partial charge in [0.25, 0.3) is 0 Å². The van der Waals surface area contributed by atoms with Crippen LogP contribution in [0.25, 0.3) is 0 Å². The number of nitrogens with zero attached hydrogens (tertiary/aromatic N) is 1. The van der Waals surface area contributed by atoms with E-state index in [9.17, 15) is 14.3 Å². The Balaban J connectivity index is 1.47. The molecule has 6 fully saturated rings. The van der Waals surface area contributed by atoms with Crippen molar-refractivity contribution in [3.8, 4) is 0 Å². The van der Waals surface area contributed by atoms with Crippen molar-refractivity contribution in [3.63, 3.8) is 0 Å². The molecule has 1 heterocycles.